The number of aliphatic hydroxyl groups excluding tert-OH is 2. The van der Waals surface area contributed by atoms with E-state index in [0.717, 1.165) is 6.33 Å². The van der Waals surface area contributed by atoms with Crippen LogP contribution in [0.2, 0.25) is 0 Å². The second kappa shape index (κ2) is 6.55. The van der Waals surface area contributed by atoms with Gasteiger partial charge in [0.25, 0.3) is 0 Å². The van der Waals surface area contributed by atoms with Gasteiger partial charge in [0.2, 0.25) is 12.2 Å². The second-order valence-electron chi connectivity index (χ2n) is 4.95. The molecule has 14 heteroatoms. The highest BCUT2D eigenvalue weighted by molar-refractivity contribution is 8.13. The molecular formula is C10H14N4O8PS+. The Hall–Kier alpha value is -1.28. The van der Waals surface area contributed by atoms with E-state index < -0.39 is 31.4 Å². The van der Waals surface area contributed by atoms with Crippen molar-refractivity contribution in [3.63, 3.8) is 0 Å². The van der Waals surface area contributed by atoms with Gasteiger partial charge in [-0.1, -0.05) is 4.18 Å². The highest BCUT2D eigenvalue weighted by Gasteiger charge is 2.43. The molecule has 3 heterocycles. The lowest BCUT2D eigenvalue weighted by molar-refractivity contribution is -0.148. The molecule has 0 radical (unpaired) electrons. The molecule has 1 aliphatic heterocycles. The van der Waals surface area contributed by atoms with Crippen LogP contribution in [-0.2, 0) is 20.1 Å². The molecule has 2 aromatic rings. The molecule has 1 fully saturated rings. The smallest absolute Gasteiger partial charge is 0.492 e. The Morgan fingerprint density at radius 1 is 1.33 bits per heavy atom. The van der Waals surface area contributed by atoms with Gasteiger partial charge in [-0.15, -0.1) is 0 Å². The molecular weight excluding hydrogens is 367 g/mol. The third kappa shape index (κ3) is 3.54. The quantitative estimate of drug-likeness (QED) is 0.151. The molecule has 132 valence electrons. The zero-order valence-corrected chi connectivity index (χ0v) is 13.5. The van der Waals surface area contributed by atoms with Crippen LogP contribution < -0.4 is 0 Å². The van der Waals surface area contributed by atoms with Gasteiger partial charge < -0.3 is 20.1 Å². The number of fused-ring (bicyclic) bond motifs is 1. The van der Waals surface area contributed by atoms with E-state index in [1.54, 1.807) is 0 Å². The van der Waals surface area contributed by atoms with E-state index in [9.17, 15) is 15.3 Å². The summed E-state index contributed by atoms with van der Waals surface area (Å²) in [6.45, 7) is -4.29. The summed E-state index contributed by atoms with van der Waals surface area (Å²) in [5.41, 5.74) is 0.429. The van der Waals surface area contributed by atoms with Crippen LogP contribution >= 0.6 is 6.72 Å². The maximum Gasteiger partial charge on any atom is 0.560 e. The second-order valence-corrected chi connectivity index (χ2v) is 8.24. The largest absolute Gasteiger partial charge is 0.560 e. The summed E-state index contributed by atoms with van der Waals surface area (Å²) >= 11 is -0.102. The van der Waals surface area contributed by atoms with Crippen LogP contribution in [0.3, 0.4) is 0 Å². The molecule has 12 nitrogen and oxygen atoms in total. The number of nitrogens with zero attached hydrogens (tertiary/aromatic N) is 4. The van der Waals surface area contributed by atoms with Crippen LogP contribution in [0.25, 0.3) is 11.2 Å². The highest BCUT2D eigenvalue weighted by atomic mass is 32.5. The van der Waals surface area contributed by atoms with E-state index in [4.69, 9.17) is 19.4 Å². The summed E-state index contributed by atoms with van der Waals surface area (Å²) < 4.78 is 11.6. The van der Waals surface area contributed by atoms with Gasteiger partial charge in [0.05, 0.1) is 12.4 Å². The molecule has 0 bridgehead atoms. The van der Waals surface area contributed by atoms with Gasteiger partial charge in [-0.25, -0.2) is 9.97 Å². The van der Waals surface area contributed by atoms with Crippen LogP contribution in [0.1, 0.15) is 12.6 Å². The van der Waals surface area contributed by atoms with Gasteiger partial charge in [-0.2, -0.15) is 4.98 Å². The summed E-state index contributed by atoms with van der Waals surface area (Å²) in [7, 11) is 0. The van der Waals surface area contributed by atoms with Crippen LogP contribution in [-0.4, -0.2) is 68.0 Å². The Morgan fingerprint density at radius 3 is 2.79 bits per heavy atom. The molecule has 0 aromatic carbocycles. The predicted octanol–water partition coefficient (Wildman–Crippen LogP) is -1.83. The van der Waals surface area contributed by atoms with Gasteiger partial charge in [0.15, 0.2) is 11.2 Å². The summed E-state index contributed by atoms with van der Waals surface area (Å²) in [5, 5.41) is 29.5. The molecule has 3 rings (SSSR count). The Kier molecular flexibility index (Phi) is 4.79. The van der Waals surface area contributed by atoms with Gasteiger partial charge in [-0.05, 0) is 0 Å². The molecule has 0 aliphatic carbocycles. The van der Waals surface area contributed by atoms with Crippen molar-refractivity contribution in [2.24, 2.45) is 0 Å². The average molecular weight is 381 g/mol. The number of aliphatic hydroxyl groups is 2. The number of imidazole rings is 1. The van der Waals surface area contributed by atoms with E-state index in [2.05, 4.69) is 19.1 Å². The Balaban J connectivity index is 1.79. The summed E-state index contributed by atoms with van der Waals surface area (Å²) in [6, 6.07) is 0. The lowest BCUT2D eigenvalue weighted by Gasteiger charge is -2.16. The Morgan fingerprint density at radius 2 is 2.08 bits per heavy atom. The van der Waals surface area contributed by atoms with Crippen molar-refractivity contribution in [3.05, 3.63) is 12.7 Å². The first-order valence-corrected chi connectivity index (χ1v) is 9.56. The maximum absolute atomic E-state index is 10.0. The molecule has 1 unspecified atom stereocenters. The van der Waals surface area contributed by atoms with Crippen LogP contribution in [0.15, 0.2) is 12.7 Å². The van der Waals surface area contributed by atoms with Crippen molar-refractivity contribution in [2.45, 2.75) is 31.1 Å². The molecule has 1 aliphatic rings. The van der Waals surface area contributed by atoms with Crippen molar-refractivity contribution in [1.29, 1.82) is 0 Å². The maximum atomic E-state index is 10.0. The Labute approximate surface area is 138 Å². The van der Waals surface area contributed by atoms with Gasteiger partial charge in [0.1, 0.15) is 18.7 Å². The van der Waals surface area contributed by atoms with Crippen molar-refractivity contribution in [1.82, 2.24) is 19.5 Å². The molecule has 0 spiro atoms. The fourth-order valence-corrected chi connectivity index (χ4v) is 3.24. The molecule has 2 aromatic heterocycles. The number of hydrogen-bond donors (Lipinski definition) is 6. The lowest BCUT2D eigenvalue weighted by Crippen LogP contribution is -2.35. The zero-order valence-electron chi connectivity index (χ0n) is 11.8. The van der Waals surface area contributed by atoms with Crippen molar-refractivity contribution < 1.29 is 38.9 Å². The van der Waals surface area contributed by atoms with Gasteiger partial charge >= 0.3 is 17.9 Å². The molecule has 0 saturated carbocycles. The fraction of sp³-hybridized carbons (Fsp3) is 0.500. The number of aromatic nitrogens is 4. The van der Waals surface area contributed by atoms with Gasteiger partial charge in [-0.3, -0.25) is 19.2 Å². The van der Waals surface area contributed by atoms with E-state index >= 15 is 0 Å². The van der Waals surface area contributed by atoms with Crippen molar-refractivity contribution in [2.75, 3.05) is 0 Å². The first kappa shape index (κ1) is 17.5. The van der Waals surface area contributed by atoms with E-state index in [0.29, 0.717) is 0 Å². The number of aromatic hydroxyl groups is 1. The van der Waals surface area contributed by atoms with E-state index in [1.165, 1.54) is 10.9 Å². The van der Waals surface area contributed by atoms with Crippen LogP contribution in [0, 0.1) is 0 Å². The van der Waals surface area contributed by atoms with E-state index in [1.807, 2.05) is 0 Å². The molecule has 1 saturated heterocycles. The molecule has 24 heavy (non-hydrogen) atoms. The zero-order chi connectivity index (χ0) is 17.5. The molecule has 0 amide bonds. The third-order valence-electron chi connectivity index (χ3n) is 3.31. The first-order chi connectivity index (χ1) is 11.3. The standard InChI is InChI=1S/C10H13N4O8PS/c15-4-1-5(21-7(4)10(17)22-24-23(18,19)20)14-3-13-6-8(14)11-2-12-9(6)16/h2-5,7,10,15,17H,1H2,(H3-,11,12,16,18,19,20)/p+1/t4-,5+,7-,10?/m0/s1. The summed E-state index contributed by atoms with van der Waals surface area (Å²) in [6.07, 6.45) is -2.29. The average Bonchev–Trinajstić information content (AvgIpc) is 3.08. The highest BCUT2D eigenvalue weighted by Crippen LogP contribution is 2.35. The van der Waals surface area contributed by atoms with Gasteiger partial charge in [0, 0.05) is 6.42 Å². The number of rotatable bonds is 4. The third-order valence-corrected chi connectivity index (χ3v) is 4.65. The fourth-order valence-electron chi connectivity index (χ4n) is 2.31. The summed E-state index contributed by atoms with van der Waals surface area (Å²) in [5.74, 6) is -0.303. The topological polar surface area (TPSA) is 183 Å². The minimum atomic E-state index is -4.29. The molecule has 4 atom stereocenters. The minimum Gasteiger partial charge on any atom is -0.492 e. The van der Waals surface area contributed by atoms with Crippen molar-refractivity contribution >= 4 is 29.1 Å². The lowest BCUT2D eigenvalue weighted by atomic mass is 10.2. The van der Waals surface area contributed by atoms with Crippen LogP contribution in [0.5, 0.6) is 5.88 Å². The number of hydrogen-bond acceptors (Lipinski definition) is 8. The minimum absolute atomic E-state index is 0.0592. The normalized spacial score (nSPS) is 26.0. The monoisotopic (exact) mass is 381 g/mol. The Bertz CT molecular complexity index is 788. The summed E-state index contributed by atoms with van der Waals surface area (Å²) in [4.78, 5) is 38.0. The van der Waals surface area contributed by atoms with E-state index in [-0.39, 0.29) is 34.7 Å². The first-order valence-electron chi connectivity index (χ1n) is 6.56. The SMILES string of the molecule is Oc1ncnc2c1ncn2[C@H]1C[C@H](O)[C@@H](C(O)O[S+]=P(O)(O)O)O1. The molecule has 6 N–H and O–H groups in total. The predicted molar refractivity (Wildman–Crippen MR) is 79.6 cm³/mol. The van der Waals surface area contributed by atoms with Crippen molar-refractivity contribution in [3.8, 4) is 5.88 Å². The van der Waals surface area contributed by atoms with Crippen LogP contribution in [0.4, 0.5) is 0 Å². The number of ether oxygens (including phenoxy) is 1.